The third-order valence-electron chi connectivity index (χ3n) is 2.87. The Morgan fingerprint density at radius 2 is 2.00 bits per heavy atom. The van der Waals surface area contributed by atoms with Gasteiger partial charge < -0.3 is 10.0 Å². The van der Waals surface area contributed by atoms with Crippen molar-refractivity contribution in [3.63, 3.8) is 0 Å². The molecule has 0 heterocycles. The Hall–Kier alpha value is -1.28. The molecule has 0 radical (unpaired) electrons. The largest absolute Gasteiger partial charge is 0.388 e. The van der Waals surface area contributed by atoms with Crippen LogP contribution in [0, 0.1) is 11.3 Å². The second-order valence-corrected chi connectivity index (χ2v) is 5.18. The molecule has 1 amide bonds. The predicted octanol–water partition coefficient (Wildman–Crippen LogP) is 3.18. The van der Waals surface area contributed by atoms with Crippen molar-refractivity contribution in [1.82, 2.24) is 4.90 Å². The summed E-state index contributed by atoms with van der Waals surface area (Å²) in [6.07, 6.45) is -0.746. The lowest BCUT2D eigenvalue weighted by Crippen LogP contribution is -2.32. The van der Waals surface area contributed by atoms with Crippen LogP contribution in [-0.4, -0.2) is 29.0 Å². The van der Waals surface area contributed by atoms with Crippen LogP contribution in [-0.2, 0) is 4.79 Å². The van der Waals surface area contributed by atoms with Crippen LogP contribution in [0.2, 0.25) is 10.0 Å². The van der Waals surface area contributed by atoms with Gasteiger partial charge in [0.2, 0.25) is 5.91 Å². The lowest BCUT2D eigenvalue weighted by molar-refractivity contribution is -0.133. The zero-order valence-corrected chi connectivity index (χ0v) is 12.7. The van der Waals surface area contributed by atoms with Crippen molar-refractivity contribution in [2.75, 3.05) is 13.1 Å². The molecule has 1 aromatic carbocycles. The van der Waals surface area contributed by atoms with Crippen molar-refractivity contribution in [2.45, 2.75) is 25.9 Å². The average Bonchev–Trinajstić information content (AvgIpc) is 2.38. The van der Waals surface area contributed by atoms with Gasteiger partial charge in [0.15, 0.2) is 0 Å². The highest BCUT2D eigenvalue weighted by Crippen LogP contribution is 2.25. The topological polar surface area (TPSA) is 64.3 Å². The second kappa shape index (κ2) is 8.11. The van der Waals surface area contributed by atoms with E-state index in [9.17, 15) is 9.90 Å². The molecule has 1 atom stereocenters. The van der Waals surface area contributed by atoms with E-state index >= 15 is 0 Å². The maximum absolute atomic E-state index is 12.0. The zero-order valence-electron chi connectivity index (χ0n) is 11.1. The van der Waals surface area contributed by atoms with E-state index in [0.29, 0.717) is 28.7 Å². The van der Waals surface area contributed by atoms with Crippen LogP contribution in [0.4, 0.5) is 0 Å². The van der Waals surface area contributed by atoms with Crippen LogP contribution in [0.5, 0.6) is 0 Å². The number of amides is 1. The summed E-state index contributed by atoms with van der Waals surface area (Å²) in [4.78, 5) is 13.6. The number of nitriles is 1. The number of halogens is 2. The first-order valence-electron chi connectivity index (χ1n) is 6.26. The highest BCUT2D eigenvalue weighted by molar-refractivity contribution is 6.34. The fourth-order valence-electron chi connectivity index (χ4n) is 1.82. The summed E-state index contributed by atoms with van der Waals surface area (Å²) in [6, 6.07) is 6.72. The fourth-order valence-corrected chi connectivity index (χ4v) is 2.37. The van der Waals surface area contributed by atoms with Gasteiger partial charge >= 0.3 is 0 Å². The Morgan fingerprint density at radius 3 is 2.50 bits per heavy atom. The molecule has 0 aliphatic carbocycles. The molecule has 1 aromatic rings. The number of hydrogen-bond donors (Lipinski definition) is 1. The number of rotatable bonds is 6. The third kappa shape index (κ3) is 5.01. The Morgan fingerprint density at radius 1 is 1.40 bits per heavy atom. The molecule has 0 fully saturated rings. The van der Waals surface area contributed by atoms with Gasteiger partial charge in [-0.15, -0.1) is 0 Å². The van der Waals surface area contributed by atoms with Crippen LogP contribution in [0.1, 0.15) is 31.4 Å². The van der Waals surface area contributed by atoms with Crippen molar-refractivity contribution >= 4 is 29.1 Å². The molecule has 1 N–H and O–H groups in total. The van der Waals surface area contributed by atoms with E-state index in [4.69, 9.17) is 28.5 Å². The zero-order chi connectivity index (χ0) is 15.1. The number of carbonyl (C=O) groups excluding carboxylic acids is 1. The van der Waals surface area contributed by atoms with Crippen LogP contribution < -0.4 is 0 Å². The number of aliphatic hydroxyl groups excluding tert-OH is 1. The van der Waals surface area contributed by atoms with Crippen molar-refractivity contribution in [3.8, 4) is 6.07 Å². The van der Waals surface area contributed by atoms with Gasteiger partial charge in [0.1, 0.15) is 0 Å². The van der Waals surface area contributed by atoms with Gasteiger partial charge in [-0.3, -0.25) is 4.79 Å². The van der Waals surface area contributed by atoms with Crippen LogP contribution >= 0.6 is 23.2 Å². The molecule has 0 aromatic heterocycles. The fraction of sp³-hybridized carbons (Fsp3) is 0.429. The number of aliphatic hydroxyl groups is 1. The van der Waals surface area contributed by atoms with Crippen LogP contribution in [0.3, 0.4) is 0 Å². The standard InChI is InChI=1S/C14H16Cl2N2O2/c1-2-18(5-3-4-17)14(20)9-13(19)10-6-11(15)8-12(16)7-10/h6-8,13,19H,2-3,5,9H2,1H3. The summed E-state index contributed by atoms with van der Waals surface area (Å²) in [7, 11) is 0. The first-order valence-corrected chi connectivity index (χ1v) is 7.02. The van der Waals surface area contributed by atoms with E-state index in [1.165, 1.54) is 0 Å². The Kier molecular flexibility index (Phi) is 6.80. The number of benzene rings is 1. The minimum Gasteiger partial charge on any atom is -0.388 e. The van der Waals surface area contributed by atoms with E-state index in [0.717, 1.165) is 0 Å². The lowest BCUT2D eigenvalue weighted by Gasteiger charge is -2.21. The van der Waals surface area contributed by atoms with Gasteiger partial charge in [-0.25, -0.2) is 0 Å². The summed E-state index contributed by atoms with van der Waals surface area (Å²) in [5.74, 6) is -0.202. The van der Waals surface area contributed by atoms with E-state index in [1.807, 2.05) is 13.0 Å². The number of carbonyl (C=O) groups is 1. The van der Waals surface area contributed by atoms with Gasteiger partial charge in [-0.1, -0.05) is 23.2 Å². The first kappa shape index (κ1) is 16.8. The molecule has 0 saturated carbocycles. The normalized spacial score (nSPS) is 11.8. The van der Waals surface area contributed by atoms with E-state index in [-0.39, 0.29) is 18.7 Å². The Balaban J connectivity index is 2.71. The van der Waals surface area contributed by atoms with Crippen molar-refractivity contribution < 1.29 is 9.90 Å². The number of hydrogen-bond acceptors (Lipinski definition) is 3. The van der Waals surface area contributed by atoms with E-state index in [2.05, 4.69) is 0 Å². The Bertz CT molecular complexity index is 494. The molecule has 0 aliphatic heterocycles. The van der Waals surface area contributed by atoms with E-state index in [1.54, 1.807) is 23.1 Å². The summed E-state index contributed by atoms with van der Waals surface area (Å²) in [6.45, 7) is 2.70. The predicted molar refractivity (Wildman–Crippen MR) is 78.5 cm³/mol. The Labute approximate surface area is 128 Å². The first-order chi connectivity index (χ1) is 9.47. The molecule has 0 saturated heterocycles. The van der Waals surface area contributed by atoms with Crippen molar-refractivity contribution in [1.29, 1.82) is 5.26 Å². The van der Waals surface area contributed by atoms with E-state index < -0.39 is 6.10 Å². The highest BCUT2D eigenvalue weighted by atomic mass is 35.5. The van der Waals surface area contributed by atoms with Gasteiger partial charge in [0.25, 0.3) is 0 Å². The molecule has 0 aliphatic rings. The van der Waals surface area contributed by atoms with Crippen molar-refractivity contribution in [2.24, 2.45) is 0 Å². The van der Waals surface area contributed by atoms with Gasteiger partial charge in [-0.2, -0.15) is 5.26 Å². The minimum absolute atomic E-state index is 0.0596. The molecule has 1 rings (SSSR count). The lowest BCUT2D eigenvalue weighted by atomic mass is 10.1. The van der Waals surface area contributed by atoms with Crippen molar-refractivity contribution in [3.05, 3.63) is 33.8 Å². The summed E-state index contributed by atoms with van der Waals surface area (Å²) in [5.41, 5.74) is 0.507. The maximum Gasteiger partial charge on any atom is 0.225 e. The molecule has 6 heteroatoms. The second-order valence-electron chi connectivity index (χ2n) is 4.30. The van der Waals surface area contributed by atoms with Crippen LogP contribution in [0.15, 0.2) is 18.2 Å². The van der Waals surface area contributed by atoms with Gasteiger partial charge in [0.05, 0.1) is 25.0 Å². The molecule has 0 spiro atoms. The smallest absolute Gasteiger partial charge is 0.225 e. The summed E-state index contributed by atoms with van der Waals surface area (Å²) >= 11 is 11.7. The third-order valence-corrected chi connectivity index (χ3v) is 3.30. The molecule has 20 heavy (non-hydrogen) atoms. The average molecular weight is 315 g/mol. The summed E-state index contributed by atoms with van der Waals surface area (Å²) in [5, 5.41) is 19.5. The monoisotopic (exact) mass is 314 g/mol. The number of nitrogens with zero attached hydrogens (tertiary/aromatic N) is 2. The molecular weight excluding hydrogens is 299 g/mol. The van der Waals surface area contributed by atoms with Gasteiger partial charge in [0, 0.05) is 23.1 Å². The van der Waals surface area contributed by atoms with Gasteiger partial charge in [-0.05, 0) is 30.7 Å². The quantitative estimate of drug-likeness (QED) is 0.877. The molecule has 4 nitrogen and oxygen atoms in total. The minimum atomic E-state index is -0.963. The SMILES string of the molecule is CCN(CCC#N)C(=O)CC(O)c1cc(Cl)cc(Cl)c1. The highest BCUT2D eigenvalue weighted by Gasteiger charge is 2.18. The molecular formula is C14H16Cl2N2O2. The van der Waals surface area contributed by atoms with Crippen LogP contribution in [0.25, 0.3) is 0 Å². The summed E-state index contributed by atoms with van der Waals surface area (Å²) < 4.78 is 0. The molecule has 108 valence electrons. The molecule has 0 bridgehead atoms. The molecule has 1 unspecified atom stereocenters. The maximum atomic E-state index is 12.0.